The molecule has 0 unspecified atom stereocenters. The van der Waals surface area contributed by atoms with Crippen LogP contribution in [0.3, 0.4) is 0 Å². The molecule has 0 amide bonds. The van der Waals surface area contributed by atoms with Gasteiger partial charge in [0.15, 0.2) is 0 Å². The van der Waals surface area contributed by atoms with Crippen molar-refractivity contribution < 1.29 is 8.42 Å². The van der Waals surface area contributed by atoms with E-state index < -0.39 is 10.0 Å². The molecule has 0 bridgehead atoms. The van der Waals surface area contributed by atoms with E-state index in [4.69, 9.17) is 18.0 Å². The van der Waals surface area contributed by atoms with E-state index in [2.05, 4.69) is 15.6 Å². The molecule has 14 heavy (non-hydrogen) atoms. The number of pyridine rings is 1. The summed E-state index contributed by atoms with van der Waals surface area (Å²) in [6, 6.07) is 2.84. The topological polar surface area (TPSA) is 59.1 Å². The summed E-state index contributed by atoms with van der Waals surface area (Å²) in [4.78, 5) is 3.58. The Bertz CT molecular complexity index is 464. The second kappa shape index (κ2) is 4.42. The molecular formula is C8H7ClN2O2S. The fourth-order valence-corrected chi connectivity index (χ4v) is 2.17. The normalized spacial score (nSPS) is 10.9. The average molecular weight is 231 g/mol. The molecule has 1 rings (SSSR count). The van der Waals surface area contributed by atoms with Crippen molar-refractivity contribution in [2.45, 2.75) is 4.90 Å². The minimum atomic E-state index is -3.64. The van der Waals surface area contributed by atoms with Crippen LogP contribution in [0.15, 0.2) is 23.2 Å². The van der Waals surface area contributed by atoms with Gasteiger partial charge in [-0.2, -0.15) is 4.72 Å². The molecule has 0 aliphatic heterocycles. The van der Waals surface area contributed by atoms with E-state index in [1.807, 2.05) is 0 Å². The number of aromatic nitrogens is 1. The lowest BCUT2D eigenvalue weighted by atomic mass is 10.5. The average Bonchev–Trinajstić information content (AvgIpc) is 2.15. The van der Waals surface area contributed by atoms with Crippen LogP contribution in [-0.2, 0) is 10.0 Å². The van der Waals surface area contributed by atoms with Crippen molar-refractivity contribution >= 4 is 21.6 Å². The summed E-state index contributed by atoms with van der Waals surface area (Å²) in [5, 5.41) is -0.0722. The lowest BCUT2D eigenvalue weighted by Crippen LogP contribution is -2.24. The fourth-order valence-electron chi connectivity index (χ4n) is 0.786. The predicted molar refractivity (Wildman–Crippen MR) is 53.3 cm³/mol. The Morgan fingerprint density at radius 1 is 1.64 bits per heavy atom. The molecule has 1 N–H and O–H groups in total. The van der Waals surface area contributed by atoms with Crippen molar-refractivity contribution in [3.63, 3.8) is 0 Å². The van der Waals surface area contributed by atoms with Gasteiger partial charge in [-0.3, -0.25) is 0 Å². The SMILES string of the molecule is C#CCNS(=O)(=O)c1cccnc1Cl. The number of nitrogens with one attached hydrogen (secondary N) is 1. The van der Waals surface area contributed by atoms with Crippen LogP contribution in [0.25, 0.3) is 0 Å². The van der Waals surface area contributed by atoms with Crippen molar-refractivity contribution in [3.05, 3.63) is 23.5 Å². The molecule has 0 aliphatic rings. The van der Waals surface area contributed by atoms with E-state index in [-0.39, 0.29) is 16.6 Å². The standard InChI is InChI=1S/C8H7ClN2O2S/c1-2-5-11-14(12,13)7-4-3-6-10-8(7)9/h1,3-4,6,11H,5H2. The first kappa shape index (κ1) is 11.0. The Balaban J connectivity index is 3.06. The number of sulfonamides is 1. The minimum absolute atomic E-state index is 0.0722. The number of hydrogen-bond acceptors (Lipinski definition) is 3. The Hall–Kier alpha value is -1.09. The van der Waals surface area contributed by atoms with Crippen molar-refractivity contribution in [3.8, 4) is 12.3 Å². The Kier molecular flexibility index (Phi) is 3.47. The summed E-state index contributed by atoms with van der Waals surface area (Å²) in [6.45, 7) is -0.0758. The highest BCUT2D eigenvalue weighted by atomic mass is 35.5. The van der Waals surface area contributed by atoms with Crippen LogP contribution in [0.5, 0.6) is 0 Å². The van der Waals surface area contributed by atoms with E-state index in [1.165, 1.54) is 18.3 Å². The zero-order chi connectivity index (χ0) is 10.6. The number of terminal acetylenes is 1. The monoisotopic (exact) mass is 230 g/mol. The van der Waals surface area contributed by atoms with E-state index in [0.29, 0.717) is 0 Å². The molecule has 0 spiro atoms. The van der Waals surface area contributed by atoms with Gasteiger partial charge in [-0.25, -0.2) is 13.4 Å². The highest BCUT2D eigenvalue weighted by molar-refractivity contribution is 7.89. The van der Waals surface area contributed by atoms with Gasteiger partial charge >= 0.3 is 0 Å². The van der Waals surface area contributed by atoms with Gasteiger partial charge in [-0.05, 0) is 12.1 Å². The van der Waals surface area contributed by atoms with E-state index in [0.717, 1.165) is 0 Å². The van der Waals surface area contributed by atoms with Crippen LogP contribution in [0.1, 0.15) is 0 Å². The summed E-state index contributed by atoms with van der Waals surface area (Å²) >= 11 is 5.61. The predicted octanol–water partition coefficient (Wildman–Crippen LogP) is 0.647. The van der Waals surface area contributed by atoms with Crippen molar-refractivity contribution in [1.29, 1.82) is 0 Å². The van der Waals surface area contributed by atoms with E-state index in [1.54, 1.807) is 0 Å². The second-order valence-corrected chi connectivity index (χ2v) is 4.41. The summed E-state index contributed by atoms with van der Waals surface area (Å²) < 4.78 is 25.1. The third kappa shape index (κ3) is 2.45. The lowest BCUT2D eigenvalue weighted by molar-refractivity contribution is 0.585. The maximum absolute atomic E-state index is 11.5. The molecule has 74 valence electrons. The number of halogens is 1. The van der Waals surface area contributed by atoms with Gasteiger partial charge in [-0.1, -0.05) is 17.5 Å². The third-order valence-corrected chi connectivity index (χ3v) is 3.22. The molecule has 0 radical (unpaired) electrons. The minimum Gasteiger partial charge on any atom is -0.243 e. The van der Waals surface area contributed by atoms with Gasteiger partial charge in [0.1, 0.15) is 10.0 Å². The van der Waals surface area contributed by atoms with Gasteiger partial charge < -0.3 is 0 Å². The number of nitrogens with zero attached hydrogens (tertiary/aromatic N) is 1. The summed E-state index contributed by atoms with van der Waals surface area (Å²) in [7, 11) is -3.64. The Labute approximate surface area is 87.4 Å². The van der Waals surface area contributed by atoms with Gasteiger partial charge in [-0.15, -0.1) is 6.42 Å². The van der Waals surface area contributed by atoms with Crippen LogP contribution in [0.4, 0.5) is 0 Å². The Morgan fingerprint density at radius 3 is 2.93 bits per heavy atom. The van der Waals surface area contributed by atoms with Crippen molar-refractivity contribution in [2.24, 2.45) is 0 Å². The number of hydrogen-bond donors (Lipinski definition) is 1. The largest absolute Gasteiger partial charge is 0.244 e. The summed E-state index contributed by atoms with van der Waals surface area (Å²) in [6.07, 6.45) is 6.33. The van der Waals surface area contributed by atoms with Crippen LogP contribution < -0.4 is 4.72 Å². The fraction of sp³-hybridized carbons (Fsp3) is 0.125. The molecule has 0 atom stereocenters. The molecule has 1 heterocycles. The van der Waals surface area contributed by atoms with Crippen LogP contribution in [0.2, 0.25) is 5.15 Å². The molecule has 0 saturated carbocycles. The Morgan fingerprint density at radius 2 is 2.36 bits per heavy atom. The van der Waals surface area contributed by atoms with Crippen LogP contribution >= 0.6 is 11.6 Å². The molecule has 4 nitrogen and oxygen atoms in total. The molecule has 6 heteroatoms. The molecule has 1 aromatic heterocycles. The molecular weight excluding hydrogens is 224 g/mol. The number of rotatable bonds is 3. The van der Waals surface area contributed by atoms with Crippen LogP contribution in [-0.4, -0.2) is 19.9 Å². The summed E-state index contributed by atoms with van der Waals surface area (Å²) in [5.74, 6) is 2.16. The smallest absolute Gasteiger partial charge is 0.243 e. The first-order chi connectivity index (χ1) is 6.58. The lowest BCUT2D eigenvalue weighted by Gasteiger charge is -2.04. The molecule has 0 aromatic carbocycles. The molecule has 1 aromatic rings. The maximum Gasteiger partial charge on any atom is 0.244 e. The second-order valence-electron chi connectivity index (χ2n) is 2.32. The summed E-state index contributed by atoms with van der Waals surface area (Å²) in [5.41, 5.74) is 0. The van der Waals surface area contributed by atoms with Gasteiger partial charge in [0, 0.05) is 6.20 Å². The molecule has 0 fully saturated rings. The first-order valence-corrected chi connectivity index (χ1v) is 5.47. The van der Waals surface area contributed by atoms with Gasteiger partial charge in [0.2, 0.25) is 10.0 Å². The first-order valence-electron chi connectivity index (χ1n) is 3.61. The molecule has 0 aliphatic carbocycles. The highest BCUT2D eigenvalue weighted by Crippen LogP contribution is 2.16. The molecule has 0 saturated heterocycles. The van der Waals surface area contributed by atoms with Crippen LogP contribution in [0, 0.1) is 12.3 Å². The van der Waals surface area contributed by atoms with Crippen molar-refractivity contribution in [2.75, 3.05) is 6.54 Å². The highest BCUT2D eigenvalue weighted by Gasteiger charge is 2.16. The van der Waals surface area contributed by atoms with Gasteiger partial charge in [0.25, 0.3) is 0 Å². The van der Waals surface area contributed by atoms with Crippen molar-refractivity contribution in [1.82, 2.24) is 9.71 Å². The zero-order valence-corrected chi connectivity index (χ0v) is 8.64. The quantitative estimate of drug-likeness (QED) is 0.613. The van der Waals surface area contributed by atoms with E-state index >= 15 is 0 Å². The third-order valence-electron chi connectivity index (χ3n) is 1.38. The van der Waals surface area contributed by atoms with E-state index in [9.17, 15) is 8.42 Å². The van der Waals surface area contributed by atoms with Gasteiger partial charge in [0.05, 0.1) is 6.54 Å². The zero-order valence-electron chi connectivity index (χ0n) is 7.07. The maximum atomic E-state index is 11.5.